The first kappa shape index (κ1) is 82.8. The van der Waals surface area contributed by atoms with Crippen molar-refractivity contribution in [1.29, 1.82) is 0 Å². The van der Waals surface area contributed by atoms with E-state index >= 15 is 0 Å². The molecule has 11 saturated heterocycles. The quantitative estimate of drug-likeness (QED) is 0.139. The Kier molecular flexibility index (Phi) is 29.7. The molecule has 18 heterocycles. The number of rotatable bonds is 8. The molecule has 1 saturated carbocycles. The lowest BCUT2D eigenvalue weighted by Crippen LogP contribution is -2.55. The van der Waals surface area contributed by atoms with E-state index in [0.717, 1.165) is 209 Å². The molecule has 7 aromatic heterocycles. The maximum absolute atomic E-state index is 4.46. The molecule has 0 N–H and O–H groups in total. The van der Waals surface area contributed by atoms with Crippen molar-refractivity contribution in [2.45, 2.75) is 195 Å². The van der Waals surface area contributed by atoms with Crippen molar-refractivity contribution >= 4 is 41.2 Å². The van der Waals surface area contributed by atoms with E-state index in [-0.39, 0.29) is 0 Å². The topological polar surface area (TPSA) is 226 Å². The normalized spacial score (nSPS) is 25.1. The van der Waals surface area contributed by atoms with Crippen molar-refractivity contribution in [2.75, 3.05) is 212 Å². The van der Waals surface area contributed by atoms with Gasteiger partial charge >= 0.3 is 0 Å². The number of anilines is 7. The Morgan fingerprint density at radius 3 is 0.858 bits per heavy atom. The molecule has 28 heteroatoms. The zero-order valence-electron chi connectivity index (χ0n) is 70.4. The van der Waals surface area contributed by atoms with Crippen LogP contribution in [0.5, 0.6) is 0 Å². The lowest BCUT2D eigenvalue weighted by atomic mass is 10.00. The third-order valence-electron chi connectivity index (χ3n) is 25.0. The number of aryl methyl sites for hydroxylation is 7. The van der Waals surface area contributed by atoms with Crippen LogP contribution < -0.4 is 34.3 Å². The molecule has 7 atom stereocenters. The number of piperidine rings is 2. The number of piperazine rings is 7. The summed E-state index contributed by atoms with van der Waals surface area (Å²) in [6.45, 7) is 49.0. The van der Waals surface area contributed by atoms with E-state index < -0.39 is 0 Å². The Morgan fingerprint density at radius 1 is 0.230 bits per heavy atom. The lowest BCUT2D eigenvalue weighted by molar-refractivity contribution is 0.133. The summed E-state index contributed by atoms with van der Waals surface area (Å²) in [4.78, 5) is 95.7. The molecule has 0 amide bonds. The number of hydrogen-bond acceptors (Lipinski definition) is 28. The van der Waals surface area contributed by atoms with Crippen LogP contribution in [0.2, 0.25) is 0 Å². The first-order valence-electron chi connectivity index (χ1n) is 42.8. The Morgan fingerprint density at radius 2 is 0.513 bits per heavy atom. The molecule has 28 nitrogen and oxygen atoms in total. The summed E-state index contributed by atoms with van der Waals surface area (Å²) < 4.78 is 0. The molecule has 12 fully saturated rings. The monoisotopic (exact) mass is 1550 g/mol. The molecular formula is C85H132N28. The minimum absolute atomic E-state index is 0.562. The largest absolute Gasteiger partial charge is 0.353 e. The number of likely N-dealkylation sites (N-methyl/N-ethyl adjacent to an activating group) is 2. The summed E-state index contributed by atoms with van der Waals surface area (Å²) in [5.41, 5.74) is 7.45. The van der Waals surface area contributed by atoms with Gasteiger partial charge in [0.25, 0.3) is 0 Å². The van der Waals surface area contributed by atoms with Crippen LogP contribution in [0.15, 0.2) is 86.8 Å². The average molecular weight is 1550 g/mol. The fourth-order valence-corrected chi connectivity index (χ4v) is 17.5. The van der Waals surface area contributed by atoms with E-state index in [0.29, 0.717) is 18.1 Å². The van der Waals surface area contributed by atoms with Crippen LogP contribution in [0.4, 0.5) is 41.2 Å². The van der Waals surface area contributed by atoms with Gasteiger partial charge in [-0.05, 0) is 196 Å². The van der Waals surface area contributed by atoms with Crippen molar-refractivity contribution in [1.82, 2.24) is 104 Å². The highest BCUT2D eigenvalue weighted by atomic mass is 15.4. The molecule has 12 aliphatic rings. The van der Waals surface area contributed by atoms with Crippen LogP contribution in [0.3, 0.4) is 0 Å². The summed E-state index contributed by atoms with van der Waals surface area (Å²) in [6.07, 6.45) is 42.8. The molecule has 5 unspecified atom stereocenters. The molecule has 0 bridgehead atoms. The fourth-order valence-electron chi connectivity index (χ4n) is 17.5. The lowest BCUT2D eigenvalue weighted by Gasteiger charge is -2.44. The number of fused-ring (bicyclic) bond motifs is 4. The van der Waals surface area contributed by atoms with Crippen LogP contribution in [0, 0.1) is 48.5 Å². The Balaban J connectivity index is 0.000000115. The van der Waals surface area contributed by atoms with Crippen LogP contribution in [0.25, 0.3) is 0 Å². The molecule has 0 radical (unpaired) electrons. The molecule has 113 heavy (non-hydrogen) atoms. The SMILES string of the molecule is Cc1cnc(N2CCN(C)C(C)C2)cn1.Cc1cnc(N2CCN(C3CC3)CC2)nc1.Cc1cnc(N2CCN3CCCC3C2)cn1.Cc1cnc(N2CCN3CCCC3C2)nc1.Cc1cnc(N2CCN3CCCCC3C2)nc1.Cc1cnc(N2CCN3CCCCC3C2)nc1.Cc1cnc(N2C[C@@H](C)N(C)[C@@H](C)C2)cn1. The minimum Gasteiger partial charge on any atom is -0.353 e. The van der Waals surface area contributed by atoms with Gasteiger partial charge in [0.15, 0.2) is 0 Å². The highest BCUT2D eigenvalue weighted by Gasteiger charge is 2.36. The van der Waals surface area contributed by atoms with Crippen LogP contribution >= 0.6 is 0 Å². The molecule has 0 aromatic carbocycles. The first-order valence-corrected chi connectivity index (χ1v) is 42.8. The maximum Gasteiger partial charge on any atom is 0.225 e. The smallest absolute Gasteiger partial charge is 0.225 e. The third-order valence-corrected chi connectivity index (χ3v) is 25.0. The highest BCUT2D eigenvalue weighted by molar-refractivity contribution is 5.40. The zero-order valence-corrected chi connectivity index (χ0v) is 70.4. The van der Waals surface area contributed by atoms with Crippen LogP contribution in [-0.4, -0.2) is 330 Å². The van der Waals surface area contributed by atoms with E-state index in [1.165, 1.54) is 142 Å². The van der Waals surface area contributed by atoms with Gasteiger partial charge in [0.05, 0.1) is 54.3 Å². The zero-order chi connectivity index (χ0) is 78.7. The van der Waals surface area contributed by atoms with Crippen LogP contribution in [-0.2, 0) is 0 Å². The molecule has 19 rings (SSSR count). The fraction of sp³-hybridized carbons (Fsp3) is 0.671. The van der Waals surface area contributed by atoms with E-state index in [1.807, 2.05) is 135 Å². The van der Waals surface area contributed by atoms with Crippen molar-refractivity contribution in [3.63, 3.8) is 0 Å². The Bertz CT molecular complexity index is 3760. The second-order valence-electron chi connectivity index (χ2n) is 33.9. The average Bonchev–Trinajstić information content (AvgIpc) is 1.22. The van der Waals surface area contributed by atoms with Gasteiger partial charge in [-0.3, -0.25) is 44.4 Å². The van der Waals surface area contributed by atoms with Gasteiger partial charge in [-0.15, -0.1) is 0 Å². The second kappa shape index (κ2) is 40.4. The van der Waals surface area contributed by atoms with Crippen LogP contribution in [0.1, 0.15) is 137 Å². The Labute approximate surface area is 674 Å². The summed E-state index contributed by atoms with van der Waals surface area (Å²) in [5, 5.41) is 0. The summed E-state index contributed by atoms with van der Waals surface area (Å²) >= 11 is 0. The minimum atomic E-state index is 0.562. The highest BCUT2D eigenvalue weighted by Crippen LogP contribution is 2.31. The molecule has 7 aromatic rings. The molecule has 612 valence electrons. The standard InChI is InChI=1S/2C13H20N4.3C12H18N4.C12H20N4.C11H18N4/c2*1-11-8-14-13(15-9-11)17-7-6-16-5-3-2-4-12(16)10-17;1-10-8-13-12(14-9-10)16-6-4-15(5-7-16)11-2-3-11;1-10-7-14-12(8-13-10)16-6-5-15-4-2-3-11(15)9-16;1-10-7-13-12(14-8-10)16-6-5-15-4-2-3-11(15)9-16;1-9-5-14-12(6-13-9)16-7-10(2)15(4)11(3)8-16;1-9-6-13-11(7-12-9)15-5-4-14(3)10(2)8-15/h2*8-9,12H,2-7,10H2,1H3;8-9,11H,2-7H2,1H3;2*7-8,11H,2-6,9H2,1H3;5-6,10-11H,7-8H2,1-4H3;6-7,10H,4-5,8H2,1-3H3/t;;;;;10-,11+;. The maximum atomic E-state index is 4.46. The summed E-state index contributed by atoms with van der Waals surface area (Å²) in [7, 11) is 4.36. The van der Waals surface area contributed by atoms with Gasteiger partial charge in [0, 0.05) is 235 Å². The van der Waals surface area contributed by atoms with Crippen molar-refractivity contribution in [3.05, 3.63) is 126 Å². The van der Waals surface area contributed by atoms with Gasteiger partial charge in [-0.1, -0.05) is 12.8 Å². The van der Waals surface area contributed by atoms with Gasteiger partial charge < -0.3 is 39.2 Å². The van der Waals surface area contributed by atoms with E-state index in [9.17, 15) is 0 Å². The van der Waals surface area contributed by atoms with Crippen molar-refractivity contribution in [2.24, 2.45) is 0 Å². The number of aromatic nitrogens is 14. The number of nitrogens with zero attached hydrogens (tertiary/aromatic N) is 28. The predicted octanol–water partition coefficient (Wildman–Crippen LogP) is 8.37. The van der Waals surface area contributed by atoms with Gasteiger partial charge in [-0.2, -0.15) is 0 Å². The molecular weight excluding hydrogens is 1410 g/mol. The van der Waals surface area contributed by atoms with Gasteiger partial charge in [-0.25, -0.2) is 54.8 Å². The molecule has 0 spiro atoms. The van der Waals surface area contributed by atoms with E-state index in [4.69, 9.17) is 0 Å². The molecule has 11 aliphatic heterocycles. The van der Waals surface area contributed by atoms with Crippen molar-refractivity contribution < 1.29 is 0 Å². The number of hydrogen-bond donors (Lipinski definition) is 0. The summed E-state index contributed by atoms with van der Waals surface area (Å²) in [5.74, 6) is 6.63. The van der Waals surface area contributed by atoms with E-state index in [1.54, 1.807) is 0 Å². The predicted molar refractivity (Wildman–Crippen MR) is 454 cm³/mol. The second-order valence-corrected chi connectivity index (χ2v) is 33.9. The van der Waals surface area contributed by atoms with Gasteiger partial charge in [0.2, 0.25) is 23.8 Å². The third kappa shape index (κ3) is 23.6. The molecule has 1 aliphatic carbocycles. The Hall–Kier alpha value is -8.12. The summed E-state index contributed by atoms with van der Waals surface area (Å²) in [6, 6.07) is 5.53. The first-order chi connectivity index (χ1) is 54.9. The van der Waals surface area contributed by atoms with Gasteiger partial charge in [0.1, 0.15) is 17.5 Å². The van der Waals surface area contributed by atoms with E-state index in [2.05, 4.69) is 173 Å². The van der Waals surface area contributed by atoms with Crippen molar-refractivity contribution in [3.8, 4) is 0 Å².